The molecule has 1 saturated heterocycles. The van der Waals surface area contributed by atoms with E-state index in [9.17, 15) is 24.5 Å². The first-order chi connectivity index (χ1) is 15.3. The van der Waals surface area contributed by atoms with Crippen molar-refractivity contribution in [2.45, 2.75) is 6.42 Å². The lowest BCUT2D eigenvalue weighted by Crippen LogP contribution is -2.28. The van der Waals surface area contributed by atoms with Crippen molar-refractivity contribution < 1.29 is 33.5 Å². The summed E-state index contributed by atoms with van der Waals surface area (Å²) < 4.78 is 15.5. The van der Waals surface area contributed by atoms with E-state index in [0.717, 1.165) is 0 Å². The molecule has 0 unspecified atom stereocenters. The van der Waals surface area contributed by atoms with E-state index in [1.807, 2.05) is 0 Å². The van der Waals surface area contributed by atoms with Gasteiger partial charge in [0.05, 0.1) is 30.7 Å². The molecule has 168 valence electrons. The van der Waals surface area contributed by atoms with Crippen LogP contribution >= 0.6 is 0 Å². The van der Waals surface area contributed by atoms with Gasteiger partial charge in [-0.05, 0) is 18.2 Å². The van der Waals surface area contributed by atoms with Gasteiger partial charge in [-0.3, -0.25) is 24.5 Å². The molecule has 3 rings (SSSR count). The summed E-state index contributed by atoms with van der Waals surface area (Å²) in [6.45, 7) is -0.525. The number of nitro benzene ring substituents is 1. The molecule has 0 aromatic heterocycles. The molecule has 1 N–H and O–H groups in total. The number of rotatable bonds is 8. The molecule has 0 spiro atoms. The lowest BCUT2D eigenvalue weighted by Gasteiger charge is -2.20. The highest BCUT2D eigenvalue weighted by molar-refractivity contribution is 6.01. The zero-order valence-electron chi connectivity index (χ0n) is 17.4. The third kappa shape index (κ3) is 5.12. The monoisotopic (exact) mass is 443 g/mol. The zero-order valence-corrected chi connectivity index (χ0v) is 17.4. The van der Waals surface area contributed by atoms with Crippen molar-refractivity contribution in [1.82, 2.24) is 0 Å². The third-order valence-corrected chi connectivity index (χ3v) is 4.82. The summed E-state index contributed by atoms with van der Waals surface area (Å²) in [6, 6.07) is 10.4. The molecule has 0 saturated carbocycles. The first kappa shape index (κ1) is 22.5. The van der Waals surface area contributed by atoms with Gasteiger partial charge in [0.25, 0.3) is 11.6 Å². The number of carbonyl (C=O) groups is 3. The van der Waals surface area contributed by atoms with Gasteiger partial charge in [-0.2, -0.15) is 0 Å². The van der Waals surface area contributed by atoms with Crippen molar-refractivity contribution in [3.8, 4) is 11.5 Å². The number of nitrogens with zero attached hydrogens (tertiary/aromatic N) is 2. The Morgan fingerprint density at radius 2 is 1.97 bits per heavy atom. The summed E-state index contributed by atoms with van der Waals surface area (Å²) in [6.07, 6.45) is -0.0777. The van der Waals surface area contributed by atoms with Gasteiger partial charge in [-0.15, -0.1) is 0 Å². The Morgan fingerprint density at radius 3 is 2.66 bits per heavy atom. The number of amides is 2. The van der Waals surface area contributed by atoms with E-state index < -0.39 is 29.3 Å². The molecular weight excluding hydrogens is 422 g/mol. The van der Waals surface area contributed by atoms with Crippen LogP contribution in [-0.2, 0) is 19.1 Å². The molecular formula is C21H21N3O8. The van der Waals surface area contributed by atoms with Crippen molar-refractivity contribution in [1.29, 1.82) is 0 Å². The molecule has 2 aromatic carbocycles. The number of carbonyl (C=O) groups excluding carboxylic acids is 3. The molecule has 2 aromatic rings. The van der Waals surface area contributed by atoms with E-state index in [0.29, 0.717) is 17.2 Å². The maximum Gasteiger partial charge on any atom is 0.311 e. The number of nitro groups is 1. The molecule has 0 aliphatic carbocycles. The standard InChI is InChI=1S/C21H21N3O8/c1-30-16-6-7-18(31-2)17(10-16)23-11-13(8-20(23)26)21(27)32-12-19(25)22-14-4-3-5-15(9-14)24(28)29/h3-7,9-10,13H,8,11-12H2,1-2H3,(H,22,25)/t13-/m1/s1. The average molecular weight is 443 g/mol. The van der Waals surface area contributed by atoms with Gasteiger partial charge >= 0.3 is 5.97 Å². The summed E-state index contributed by atoms with van der Waals surface area (Å²) in [4.78, 5) is 48.6. The molecule has 1 aliphatic heterocycles. The number of hydrogen-bond acceptors (Lipinski definition) is 8. The summed E-state index contributed by atoms with van der Waals surface area (Å²) in [5.74, 6) is -1.43. The van der Waals surface area contributed by atoms with Crippen LogP contribution in [0.15, 0.2) is 42.5 Å². The van der Waals surface area contributed by atoms with Gasteiger partial charge in [0.15, 0.2) is 6.61 Å². The number of hydrogen-bond donors (Lipinski definition) is 1. The third-order valence-electron chi connectivity index (χ3n) is 4.82. The largest absolute Gasteiger partial charge is 0.497 e. The van der Waals surface area contributed by atoms with Crippen LogP contribution in [0.2, 0.25) is 0 Å². The highest BCUT2D eigenvalue weighted by atomic mass is 16.6. The van der Waals surface area contributed by atoms with E-state index in [-0.39, 0.29) is 30.2 Å². The normalized spacial score (nSPS) is 15.2. The predicted octanol–water partition coefficient (Wildman–Crippen LogP) is 2.15. The van der Waals surface area contributed by atoms with Crippen molar-refractivity contribution in [3.05, 3.63) is 52.6 Å². The maximum atomic E-state index is 12.5. The highest BCUT2D eigenvalue weighted by Crippen LogP contribution is 2.36. The molecule has 32 heavy (non-hydrogen) atoms. The van der Waals surface area contributed by atoms with Crippen LogP contribution in [0.25, 0.3) is 0 Å². The minimum atomic E-state index is -0.760. The van der Waals surface area contributed by atoms with E-state index in [1.165, 1.54) is 43.4 Å². The first-order valence-electron chi connectivity index (χ1n) is 9.55. The van der Waals surface area contributed by atoms with E-state index in [2.05, 4.69) is 5.32 Å². The fourth-order valence-corrected chi connectivity index (χ4v) is 3.25. The second kappa shape index (κ2) is 9.77. The Bertz CT molecular complexity index is 1060. The van der Waals surface area contributed by atoms with Gasteiger partial charge in [0, 0.05) is 36.9 Å². The zero-order chi connectivity index (χ0) is 23.3. The second-order valence-electron chi connectivity index (χ2n) is 6.91. The Kier molecular flexibility index (Phi) is 6.88. The van der Waals surface area contributed by atoms with Crippen LogP contribution in [0.5, 0.6) is 11.5 Å². The number of anilines is 2. The van der Waals surface area contributed by atoms with Crippen LogP contribution in [0, 0.1) is 16.0 Å². The number of ether oxygens (including phenoxy) is 3. The van der Waals surface area contributed by atoms with Crippen LogP contribution < -0.4 is 19.7 Å². The van der Waals surface area contributed by atoms with Crippen LogP contribution in [0.4, 0.5) is 17.1 Å². The highest BCUT2D eigenvalue weighted by Gasteiger charge is 2.37. The summed E-state index contributed by atoms with van der Waals surface area (Å²) in [7, 11) is 2.97. The quantitative estimate of drug-likeness (QED) is 0.372. The van der Waals surface area contributed by atoms with Crippen LogP contribution in [0.3, 0.4) is 0 Å². The summed E-state index contributed by atoms with van der Waals surface area (Å²) in [5, 5.41) is 13.2. The number of non-ortho nitro benzene ring substituents is 1. The van der Waals surface area contributed by atoms with Crippen molar-refractivity contribution in [3.63, 3.8) is 0 Å². The molecule has 2 amide bonds. The Morgan fingerprint density at radius 1 is 1.19 bits per heavy atom. The smallest absolute Gasteiger partial charge is 0.311 e. The molecule has 1 atom stereocenters. The number of methoxy groups -OCH3 is 2. The Hall–Kier alpha value is -4.15. The number of nitrogens with one attached hydrogen (secondary N) is 1. The maximum absolute atomic E-state index is 12.5. The Balaban J connectivity index is 1.59. The van der Waals surface area contributed by atoms with Crippen molar-refractivity contribution in [2.24, 2.45) is 5.92 Å². The molecule has 11 heteroatoms. The van der Waals surface area contributed by atoms with Gasteiger partial charge in [0.1, 0.15) is 11.5 Å². The van der Waals surface area contributed by atoms with Crippen LogP contribution in [0.1, 0.15) is 6.42 Å². The fraction of sp³-hybridized carbons (Fsp3) is 0.286. The van der Waals surface area contributed by atoms with Gasteiger partial charge in [-0.25, -0.2) is 0 Å². The molecule has 0 radical (unpaired) electrons. The van der Waals surface area contributed by atoms with Gasteiger partial charge in [-0.1, -0.05) is 6.07 Å². The van der Waals surface area contributed by atoms with Gasteiger partial charge in [0.2, 0.25) is 5.91 Å². The summed E-state index contributed by atoms with van der Waals surface area (Å²) >= 11 is 0. The topological polar surface area (TPSA) is 137 Å². The SMILES string of the molecule is COc1ccc(OC)c(N2C[C@H](C(=O)OCC(=O)Nc3cccc([N+](=O)[O-])c3)CC2=O)c1. The lowest BCUT2D eigenvalue weighted by molar-refractivity contribution is -0.384. The molecule has 0 bridgehead atoms. The van der Waals surface area contributed by atoms with Crippen LogP contribution in [-0.4, -0.2) is 50.1 Å². The predicted molar refractivity (Wildman–Crippen MR) is 113 cm³/mol. The minimum absolute atomic E-state index is 0.0632. The fourth-order valence-electron chi connectivity index (χ4n) is 3.25. The van der Waals surface area contributed by atoms with Crippen molar-refractivity contribution in [2.75, 3.05) is 37.6 Å². The molecule has 1 aliphatic rings. The number of benzene rings is 2. The first-order valence-corrected chi connectivity index (χ1v) is 9.55. The van der Waals surface area contributed by atoms with E-state index in [1.54, 1.807) is 18.2 Å². The van der Waals surface area contributed by atoms with Gasteiger partial charge < -0.3 is 24.4 Å². The molecule has 1 fully saturated rings. The molecule has 1 heterocycles. The lowest BCUT2D eigenvalue weighted by atomic mass is 10.1. The van der Waals surface area contributed by atoms with E-state index in [4.69, 9.17) is 14.2 Å². The second-order valence-corrected chi connectivity index (χ2v) is 6.91. The van der Waals surface area contributed by atoms with Crippen molar-refractivity contribution >= 4 is 34.8 Å². The minimum Gasteiger partial charge on any atom is -0.497 e. The number of esters is 1. The molecule has 11 nitrogen and oxygen atoms in total. The Labute approximate surface area is 183 Å². The summed E-state index contributed by atoms with van der Waals surface area (Å²) in [5.41, 5.74) is 0.487. The average Bonchev–Trinajstić information content (AvgIpc) is 3.18. The van der Waals surface area contributed by atoms with E-state index >= 15 is 0 Å².